The monoisotopic (exact) mass is 476 g/mol. The van der Waals surface area contributed by atoms with E-state index in [0.29, 0.717) is 22.2 Å². The minimum Gasteiger partial charge on any atom is -0.468 e. The van der Waals surface area contributed by atoms with Crippen molar-refractivity contribution in [2.45, 2.75) is 28.1 Å². The fourth-order valence-corrected chi connectivity index (χ4v) is 6.09. The Morgan fingerprint density at radius 1 is 1.34 bits per heavy atom. The van der Waals surface area contributed by atoms with Crippen molar-refractivity contribution < 1.29 is 22.7 Å². The predicted octanol–water partition coefficient (Wildman–Crippen LogP) is 2.25. The fourth-order valence-electron chi connectivity index (χ4n) is 2.72. The van der Waals surface area contributed by atoms with E-state index in [-0.39, 0.29) is 22.3 Å². The number of hydrogen-bond acceptors (Lipinski definition) is 9. The van der Waals surface area contributed by atoms with Gasteiger partial charge in [-0.25, -0.2) is 8.42 Å². The summed E-state index contributed by atoms with van der Waals surface area (Å²) in [5, 5.41) is 11.0. The number of aromatic nitrogens is 2. The molecule has 0 saturated carbocycles. The van der Waals surface area contributed by atoms with E-state index in [4.69, 9.17) is 11.6 Å². The molecule has 0 unspecified atom stereocenters. The van der Waals surface area contributed by atoms with E-state index < -0.39 is 27.9 Å². The summed E-state index contributed by atoms with van der Waals surface area (Å²) in [4.78, 5) is 24.0. The molecule has 9 nitrogen and oxygen atoms in total. The number of hydrogen-bond donors (Lipinski definition) is 1. The molecule has 0 radical (unpaired) electrons. The summed E-state index contributed by atoms with van der Waals surface area (Å²) in [7, 11) is -2.54. The lowest BCUT2D eigenvalue weighted by Gasteiger charge is -2.23. The lowest BCUT2D eigenvalue weighted by atomic mass is 10.2. The minimum absolute atomic E-state index is 0.0782. The van der Waals surface area contributed by atoms with Gasteiger partial charge in [0.2, 0.25) is 21.1 Å². The molecule has 1 aliphatic rings. The first-order valence-electron chi connectivity index (χ1n) is 8.42. The number of halogens is 1. The molecule has 1 N–H and O–H groups in total. The molecule has 1 fully saturated rings. The van der Waals surface area contributed by atoms with Crippen LogP contribution in [-0.4, -0.2) is 60.2 Å². The topological polar surface area (TPSA) is 119 Å². The van der Waals surface area contributed by atoms with Gasteiger partial charge in [0.1, 0.15) is 6.04 Å². The van der Waals surface area contributed by atoms with Gasteiger partial charge in [-0.2, -0.15) is 4.31 Å². The van der Waals surface area contributed by atoms with Crippen LogP contribution in [0, 0.1) is 0 Å². The number of ether oxygens (including phenoxy) is 1. The second kappa shape index (κ2) is 9.39. The molecule has 1 amide bonds. The Hall–Kier alpha value is -1.73. The van der Waals surface area contributed by atoms with Gasteiger partial charge < -0.3 is 4.74 Å². The second-order valence-electron chi connectivity index (χ2n) is 5.95. The number of carbonyl (C=O) groups excluding carboxylic acids is 2. The van der Waals surface area contributed by atoms with Crippen molar-refractivity contribution in [3.05, 3.63) is 29.3 Å². The third-order valence-electron chi connectivity index (χ3n) is 4.10. The summed E-state index contributed by atoms with van der Waals surface area (Å²) in [5.74, 6) is -0.792. The third-order valence-corrected chi connectivity index (χ3v) is 8.22. The number of nitrogens with zero attached hydrogens (tertiary/aromatic N) is 3. The summed E-state index contributed by atoms with van der Waals surface area (Å²) >= 11 is 8.07. The number of amides is 1. The third kappa shape index (κ3) is 5.25. The Labute approximate surface area is 180 Å². The van der Waals surface area contributed by atoms with Gasteiger partial charge in [-0.3, -0.25) is 14.9 Å². The van der Waals surface area contributed by atoms with Crippen LogP contribution in [0.1, 0.15) is 12.8 Å². The van der Waals surface area contributed by atoms with Crippen LogP contribution in [0.5, 0.6) is 0 Å². The van der Waals surface area contributed by atoms with Crippen LogP contribution in [-0.2, 0) is 24.3 Å². The minimum atomic E-state index is -3.83. The van der Waals surface area contributed by atoms with Crippen molar-refractivity contribution in [3.8, 4) is 0 Å². The Morgan fingerprint density at radius 2 is 2.07 bits per heavy atom. The van der Waals surface area contributed by atoms with Gasteiger partial charge in [-0.05, 0) is 37.1 Å². The molecule has 29 heavy (non-hydrogen) atoms. The molecule has 2 heterocycles. The van der Waals surface area contributed by atoms with Gasteiger partial charge in [-0.15, -0.1) is 10.2 Å². The molecule has 1 aromatic heterocycles. The molecule has 156 valence electrons. The van der Waals surface area contributed by atoms with Crippen molar-refractivity contribution in [1.82, 2.24) is 14.5 Å². The molecule has 0 aliphatic carbocycles. The largest absolute Gasteiger partial charge is 0.468 e. The van der Waals surface area contributed by atoms with Gasteiger partial charge in [-0.1, -0.05) is 34.7 Å². The highest BCUT2D eigenvalue weighted by atomic mass is 35.5. The van der Waals surface area contributed by atoms with Crippen LogP contribution in [0.4, 0.5) is 5.13 Å². The van der Waals surface area contributed by atoms with E-state index in [1.165, 1.54) is 35.7 Å². The molecular formula is C16H17ClN4O5S3. The molecule has 1 saturated heterocycles. The highest BCUT2D eigenvalue weighted by Crippen LogP contribution is 2.29. The standard InChI is InChI=1S/C16H17ClN4O5S3/c1-26-13(22)9-27-16-20-19-15(28-16)18-14(23)12-3-2-8-21(12)29(24,25)11-6-4-10(17)5-7-11/h4-7,12H,2-3,8-9H2,1H3,(H,18,19,23)/t12-/m1/s1. The first-order valence-corrected chi connectivity index (χ1v) is 12.0. The number of thioether (sulfide) groups is 1. The number of benzene rings is 1. The van der Waals surface area contributed by atoms with Crippen LogP contribution in [0.25, 0.3) is 0 Å². The zero-order chi connectivity index (χ0) is 21.0. The van der Waals surface area contributed by atoms with Gasteiger partial charge in [0, 0.05) is 11.6 Å². The predicted molar refractivity (Wildman–Crippen MR) is 110 cm³/mol. The average Bonchev–Trinajstić information content (AvgIpc) is 3.36. The number of methoxy groups -OCH3 is 1. The van der Waals surface area contributed by atoms with Gasteiger partial charge in [0.15, 0.2) is 4.34 Å². The zero-order valence-corrected chi connectivity index (χ0v) is 18.4. The molecule has 0 spiro atoms. The number of nitrogens with one attached hydrogen (secondary N) is 1. The molecular weight excluding hydrogens is 460 g/mol. The SMILES string of the molecule is COC(=O)CSc1nnc(NC(=O)[C@H]2CCCN2S(=O)(=O)c2ccc(Cl)cc2)s1. The van der Waals surface area contributed by atoms with Crippen molar-refractivity contribution in [3.63, 3.8) is 0 Å². The van der Waals surface area contributed by atoms with Crippen LogP contribution in [0.3, 0.4) is 0 Å². The Balaban J connectivity index is 1.68. The van der Waals surface area contributed by atoms with Crippen molar-refractivity contribution in [1.29, 1.82) is 0 Å². The maximum Gasteiger partial charge on any atom is 0.316 e. The summed E-state index contributed by atoms with van der Waals surface area (Å²) in [6.07, 6.45) is 0.975. The highest BCUT2D eigenvalue weighted by molar-refractivity contribution is 8.01. The number of esters is 1. The maximum absolute atomic E-state index is 12.9. The number of sulfonamides is 1. The van der Waals surface area contributed by atoms with E-state index in [1.54, 1.807) is 0 Å². The fraction of sp³-hybridized carbons (Fsp3) is 0.375. The molecule has 1 aliphatic heterocycles. The van der Waals surface area contributed by atoms with E-state index in [1.807, 2.05) is 0 Å². The lowest BCUT2D eigenvalue weighted by molar-refractivity contribution is -0.137. The van der Waals surface area contributed by atoms with Gasteiger partial charge in [0.05, 0.1) is 17.8 Å². The number of carbonyl (C=O) groups is 2. The van der Waals surface area contributed by atoms with Crippen LogP contribution < -0.4 is 5.32 Å². The quantitative estimate of drug-likeness (QED) is 0.367. The summed E-state index contributed by atoms with van der Waals surface area (Å²) in [6, 6.07) is 4.98. The normalized spacial score (nSPS) is 17.2. The highest BCUT2D eigenvalue weighted by Gasteiger charge is 2.39. The molecule has 1 aromatic carbocycles. The Morgan fingerprint density at radius 3 is 2.76 bits per heavy atom. The second-order valence-corrected chi connectivity index (χ2v) is 10.5. The van der Waals surface area contributed by atoms with Crippen LogP contribution >= 0.6 is 34.7 Å². The van der Waals surface area contributed by atoms with Gasteiger partial charge in [0.25, 0.3) is 0 Å². The van der Waals surface area contributed by atoms with E-state index in [0.717, 1.165) is 23.1 Å². The summed E-state index contributed by atoms with van der Waals surface area (Å²) in [6.45, 7) is 0.249. The Bertz CT molecular complexity index is 996. The van der Waals surface area contributed by atoms with Gasteiger partial charge >= 0.3 is 5.97 Å². The molecule has 1 atom stereocenters. The van der Waals surface area contributed by atoms with E-state index in [9.17, 15) is 18.0 Å². The van der Waals surface area contributed by atoms with Crippen LogP contribution in [0.2, 0.25) is 5.02 Å². The number of rotatable bonds is 7. The smallest absolute Gasteiger partial charge is 0.316 e. The zero-order valence-electron chi connectivity index (χ0n) is 15.2. The summed E-state index contributed by atoms with van der Waals surface area (Å²) in [5.41, 5.74) is 0. The first-order chi connectivity index (χ1) is 13.8. The molecule has 3 rings (SSSR count). The van der Waals surface area contributed by atoms with Crippen molar-refractivity contribution in [2.24, 2.45) is 0 Å². The molecule has 13 heteroatoms. The van der Waals surface area contributed by atoms with Crippen molar-refractivity contribution in [2.75, 3.05) is 24.7 Å². The molecule has 2 aromatic rings. The van der Waals surface area contributed by atoms with E-state index >= 15 is 0 Å². The van der Waals surface area contributed by atoms with E-state index in [2.05, 4.69) is 20.3 Å². The Kier molecular flexibility index (Phi) is 7.11. The molecule has 0 bridgehead atoms. The number of anilines is 1. The maximum atomic E-state index is 12.9. The summed E-state index contributed by atoms with van der Waals surface area (Å²) < 4.78 is 32.1. The van der Waals surface area contributed by atoms with Crippen molar-refractivity contribution >= 4 is 61.7 Å². The first kappa shape index (κ1) is 22.0. The van der Waals surface area contributed by atoms with Crippen LogP contribution in [0.15, 0.2) is 33.5 Å². The average molecular weight is 477 g/mol. The lowest BCUT2D eigenvalue weighted by Crippen LogP contribution is -2.43.